The molecule has 4 heteroatoms. The van der Waals surface area contributed by atoms with Crippen LogP contribution in [0.2, 0.25) is 0 Å². The van der Waals surface area contributed by atoms with Gasteiger partial charge < -0.3 is 15.8 Å². The topological polar surface area (TPSA) is 64.4 Å². The summed E-state index contributed by atoms with van der Waals surface area (Å²) in [5.74, 6) is 1.60. The largest absolute Gasteiger partial charge is 0.381 e. The quantitative estimate of drug-likeness (QED) is 0.511. The first-order valence-corrected chi connectivity index (χ1v) is 8.30. The molecule has 1 unspecified atom stereocenters. The smallest absolute Gasteiger partial charge is 0.220 e. The average molecular weight is 284 g/mol. The van der Waals surface area contributed by atoms with Crippen molar-refractivity contribution in [1.29, 1.82) is 0 Å². The number of ether oxygens (including phenoxy) is 1. The van der Waals surface area contributed by atoms with Crippen LogP contribution in [-0.2, 0) is 9.53 Å². The molecule has 1 fully saturated rings. The van der Waals surface area contributed by atoms with Crippen LogP contribution in [0.3, 0.4) is 0 Å². The van der Waals surface area contributed by atoms with Gasteiger partial charge in [0.15, 0.2) is 0 Å². The molecule has 3 N–H and O–H groups in total. The van der Waals surface area contributed by atoms with E-state index in [1.165, 1.54) is 25.7 Å². The van der Waals surface area contributed by atoms with Crippen LogP contribution in [0.4, 0.5) is 0 Å². The fourth-order valence-corrected chi connectivity index (χ4v) is 2.44. The van der Waals surface area contributed by atoms with Gasteiger partial charge >= 0.3 is 0 Å². The molecule has 1 saturated carbocycles. The molecule has 0 heterocycles. The summed E-state index contributed by atoms with van der Waals surface area (Å²) >= 11 is 0. The fourth-order valence-electron chi connectivity index (χ4n) is 2.44. The summed E-state index contributed by atoms with van der Waals surface area (Å²) < 4.78 is 5.54. The van der Waals surface area contributed by atoms with Gasteiger partial charge in [0.05, 0.1) is 0 Å². The summed E-state index contributed by atoms with van der Waals surface area (Å²) in [5.41, 5.74) is 5.60. The molecular weight excluding hydrogens is 252 g/mol. The van der Waals surface area contributed by atoms with Gasteiger partial charge in [0.1, 0.15) is 0 Å². The average Bonchev–Trinajstić information content (AvgIpc) is 3.24. The van der Waals surface area contributed by atoms with Crippen molar-refractivity contribution < 1.29 is 9.53 Å². The number of carbonyl (C=O) groups is 1. The molecule has 1 amide bonds. The summed E-state index contributed by atoms with van der Waals surface area (Å²) in [6.45, 7) is 5.32. The van der Waals surface area contributed by atoms with Gasteiger partial charge in [-0.3, -0.25) is 4.79 Å². The maximum atomic E-state index is 11.7. The second kappa shape index (κ2) is 11.1. The highest BCUT2D eigenvalue weighted by Crippen LogP contribution is 2.28. The monoisotopic (exact) mass is 284 g/mol. The van der Waals surface area contributed by atoms with Crippen molar-refractivity contribution in [1.82, 2.24) is 5.32 Å². The summed E-state index contributed by atoms with van der Waals surface area (Å²) in [4.78, 5) is 11.7. The minimum atomic E-state index is 0.172. The summed E-state index contributed by atoms with van der Waals surface area (Å²) in [7, 11) is 0. The van der Waals surface area contributed by atoms with E-state index in [1.807, 2.05) is 0 Å². The van der Waals surface area contributed by atoms with Crippen LogP contribution in [0.5, 0.6) is 0 Å². The molecule has 1 aliphatic carbocycles. The van der Waals surface area contributed by atoms with Gasteiger partial charge in [-0.25, -0.2) is 0 Å². The number of amides is 1. The van der Waals surface area contributed by atoms with E-state index in [0.717, 1.165) is 51.5 Å². The number of rotatable bonds is 13. The lowest BCUT2D eigenvalue weighted by Crippen LogP contribution is -2.26. The number of carbonyl (C=O) groups excluding carboxylic acids is 1. The number of hydrogen-bond acceptors (Lipinski definition) is 3. The molecule has 4 nitrogen and oxygen atoms in total. The third-order valence-corrected chi connectivity index (χ3v) is 3.89. The zero-order valence-electron chi connectivity index (χ0n) is 13.0. The fraction of sp³-hybridized carbons (Fsp3) is 0.938. The Morgan fingerprint density at radius 2 is 2.15 bits per heavy atom. The third-order valence-electron chi connectivity index (χ3n) is 3.89. The van der Waals surface area contributed by atoms with E-state index in [1.54, 1.807) is 0 Å². The maximum Gasteiger partial charge on any atom is 0.220 e. The molecule has 0 aromatic carbocycles. The highest BCUT2D eigenvalue weighted by Gasteiger charge is 2.20. The molecule has 0 radical (unpaired) electrons. The lowest BCUT2D eigenvalue weighted by Gasteiger charge is -2.14. The number of nitrogens with one attached hydrogen (secondary N) is 1. The van der Waals surface area contributed by atoms with E-state index >= 15 is 0 Å². The molecule has 0 aliphatic heterocycles. The Labute approximate surface area is 123 Å². The molecule has 1 aliphatic rings. The SMILES string of the molecule is CCCC(CCN)CCC(=O)NCCCOCC1CC1. The van der Waals surface area contributed by atoms with Crippen molar-refractivity contribution in [3.8, 4) is 0 Å². The van der Waals surface area contributed by atoms with Crippen molar-refractivity contribution in [3.63, 3.8) is 0 Å². The van der Waals surface area contributed by atoms with E-state index in [2.05, 4.69) is 12.2 Å². The van der Waals surface area contributed by atoms with E-state index in [4.69, 9.17) is 10.5 Å². The first-order chi connectivity index (χ1) is 9.76. The van der Waals surface area contributed by atoms with Crippen LogP contribution in [0.25, 0.3) is 0 Å². The third kappa shape index (κ3) is 9.32. The summed E-state index contributed by atoms with van der Waals surface area (Å²) in [6, 6.07) is 0. The molecule has 0 spiro atoms. The lowest BCUT2D eigenvalue weighted by atomic mass is 9.94. The van der Waals surface area contributed by atoms with Crippen molar-refractivity contribution in [3.05, 3.63) is 0 Å². The van der Waals surface area contributed by atoms with E-state index in [-0.39, 0.29) is 5.91 Å². The summed E-state index contributed by atoms with van der Waals surface area (Å²) in [5, 5.41) is 2.98. The Balaban J connectivity index is 1.92. The Hall–Kier alpha value is -0.610. The first-order valence-electron chi connectivity index (χ1n) is 8.30. The summed E-state index contributed by atoms with van der Waals surface area (Å²) in [6.07, 6.45) is 8.57. The Morgan fingerprint density at radius 1 is 1.35 bits per heavy atom. The normalized spacial score (nSPS) is 16.1. The second-order valence-corrected chi connectivity index (χ2v) is 5.99. The predicted molar refractivity (Wildman–Crippen MR) is 82.5 cm³/mol. The molecule has 0 saturated heterocycles. The van der Waals surface area contributed by atoms with E-state index in [9.17, 15) is 4.79 Å². The predicted octanol–water partition coefficient (Wildman–Crippen LogP) is 2.46. The van der Waals surface area contributed by atoms with E-state index < -0.39 is 0 Å². The van der Waals surface area contributed by atoms with E-state index in [0.29, 0.717) is 12.3 Å². The van der Waals surface area contributed by atoms with Gasteiger partial charge in [0.2, 0.25) is 5.91 Å². The second-order valence-electron chi connectivity index (χ2n) is 5.99. The van der Waals surface area contributed by atoms with Crippen LogP contribution in [-0.4, -0.2) is 32.2 Å². The van der Waals surface area contributed by atoms with Crippen LogP contribution >= 0.6 is 0 Å². The molecule has 0 aromatic heterocycles. The molecule has 1 rings (SSSR count). The van der Waals surface area contributed by atoms with Crippen molar-refractivity contribution >= 4 is 5.91 Å². The molecule has 0 bridgehead atoms. The Bertz CT molecular complexity index is 249. The van der Waals surface area contributed by atoms with Crippen LogP contribution in [0.1, 0.15) is 58.3 Å². The molecule has 20 heavy (non-hydrogen) atoms. The molecule has 118 valence electrons. The van der Waals surface area contributed by atoms with Gasteiger partial charge in [-0.1, -0.05) is 19.8 Å². The zero-order chi connectivity index (χ0) is 14.6. The Kier molecular flexibility index (Phi) is 9.67. The molecule has 1 atom stereocenters. The number of hydrogen-bond donors (Lipinski definition) is 2. The van der Waals surface area contributed by atoms with Crippen LogP contribution in [0.15, 0.2) is 0 Å². The molecular formula is C16H32N2O2. The van der Waals surface area contributed by atoms with Gasteiger partial charge in [-0.2, -0.15) is 0 Å². The molecule has 0 aromatic rings. The van der Waals surface area contributed by atoms with Crippen LogP contribution < -0.4 is 11.1 Å². The number of nitrogens with two attached hydrogens (primary N) is 1. The highest BCUT2D eigenvalue weighted by atomic mass is 16.5. The lowest BCUT2D eigenvalue weighted by molar-refractivity contribution is -0.121. The van der Waals surface area contributed by atoms with Crippen molar-refractivity contribution in [2.45, 2.75) is 58.3 Å². The minimum Gasteiger partial charge on any atom is -0.381 e. The van der Waals surface area contributed by atoms with Gasteiger partial charge in [0, 0.05) is 26.2 Å². The first kappa shape index (κ1) is 17.4. The zero-order valence-corrected chi connectivity index (χ0v) is 13.0. The van der Waals surface area contributed by atoms with Gasteiger partial charge in [0.25, 0.3) is 0 Å². The van der Waals surface area contributed by atoms with Gasteiger partial charge in [-0.05, 0) is 50.5 Å². The van der Waals surface area contributed by atoms with Crippen molar-refractivity contribution in [2.24, 2.45) is 17.6 Å². The maximum absolute atomic E-state index is 11.7. The van der Waals surface area contributed by atoms with Gasteiger partial charge in [-0.15, -0.1) is 0 Å². The van der Waals surface area contributed by atoms with Crippen LogP contribution in [0, 0.1) is 11.8 Å². The Morgan fingerprint density at radius 3 is 2.80 bits per heavy atom. The van der Waals surface area contributed by atoms with Crippen molar-refractivity contribution in [2.75, 3.05) is 26.3 Å². The highest BCUT2D eigenvalue weighted by molar-refractivity contribution is 5.75. The minimum absolute atomic E-state index is 0.172. The standard InChI is InChI=1S/C16H32N2O2/c1-2-4-14(9-10-17)7-8-16(19)18-11-3-12-20-13-15-5-6-15/h14-15H,2-13,17H2,1H3,(H,18,19).